The van der Waals surface area contributed by atoms with Crippen molar-refractivity contribution in [1.82, 2.24) is 4.98 Å². The minimum atomic E-state index is 0.0907. The van der Waals surface area contributed by atoms with E-state index in [0.29, 0.717) is 16.9 Å². The molecule has 1 N–H and O–H groups in total. The lowest BCUT2D eigenvalue weighted by Gasteiger charge is -1.98. The van der Waals surface area contributed by atoms with E-state index in [0.717, 1.165) is 12.1 Å². The maximum absolute atomic E-state index is 11.5. The standard InChI is InChI=1S/C9H11ClN2OS/c1-5-2-7(5)8(13)12-9-11-6(3-10)4-14-9/h4-5,7H,2-3H2,1H3,(H,11,12,13). The number of amides is 1. The fourth-order valence-corrected chi connectivity index (χ4v) is 2.25. The first kappa shape index (κ1) is 9.93. The molecule has 1 saturated carbocycles. The Morgan fingerprint density at radius 2 is 2.57 bits per heavy atom. The molecule has 2 unspecified atom stereocenters. The number of nitrogens with zero attached hydrogens (tertiary/aromatic N) is 1. The summed E-state index contributed by atoms with van der Waals surface area (Å²) in [4.78, 5) is 15.7. The van der Waals surface area contributed by atoms with E-state index in [1.54, 1.807) is 0 Å². The van der Waals surface area contributed by atoms with Gasteiger partial charge in [0.2, 0.25) is 5.91 Å². The Balaban J connectivity index is 1.93. The van der Waals surface area contributed by atoms with Gasteiger partial charge in [0.25, 0.3) is 0 Å². The number of halogens is 1. The van der Waals surface area contributed by atoms with Crippen molar-refractivity contribution in [3.63, 3.8) is 0 Å². The molecule has 1 amide bonds. The Hall–Kier alpha value is -0.610. The normalized spacial score (nSPS) is 24.7. The summed E-state index contributed by atoms with van der Waals surface area (Å²) in [5.74, 6) is 1.21. The molecule has 0 aromatic carbocycles. The van der Waals surface area contributed by atoms with E-state index < -0.39 is 0 Å². The second-order valence-corrected chi connectivity index (χ2v) is 4.71. The van der Waals surface area contributed by atoms with Gasteiger partial charge in [-0.1, -0.05) is 6.92 Å². The first-order chi connectivity index (χ1) is 6.70. The maximum atomic E-state index is 11.5. The van der Waals surface area contributed by atoms with Crippen LogP contribution in [0.3, 0.4) is 0 Å². The third kappa shape index (κ3) is 2.07. The summed E-state index contributed by atoms with van der Waals surface area (Å²) in [6.07, 6.45) is 1.000. The van der Waals surface area contributed by atoms with Gasteiger partial charge >= 0.3 is 0 Å². The number of nitrogens with one attached hydrogen (secondary N) is 1. The average molecular weight is 231 g/mol. The lowest BCUT2D eigenvalue weighted by Crippen LogP contribution is -2.14. The number of aromatic nitrogens is 1. The topological polar surface area (TPSA) is 42.0 Å². The van der Waals surface area contributed by atoms with E-state index in [4.69, 9.17) is 11.6 Å². The third-order valence-corrected chi connectivity index (χ3v) is 3.45. The predicted molar refractivity (Wildman–Crippen MR) is 57.6 cm³/mol. The number of anilines is 1. The number of carbonyl (C=O) groups is 1. The van der Waals surface area contributed by atoms with Gasteiger partial charge < -0.3 is 5.32 Å². The van der Waals surface area contributed by atoms with Gasteiger partial charge in [-0.05, 0) is 12.3 Å². The SMILES string of the molecule is CC1CC1C(=O)Nc1nc(CCl)cs1. The van der Waals surface area contributed by atoms with Gasteiger partial charge in [-0.25, -0.2) is 4.98 Å². The van der Waals surface area contributed by atoms with Crippen molar-refractivity contribution in [1.29, 1.82) is 0 Å². The van der Waals surface area contributed by atoms with Crippen molar-refractivity contribution in [2.75, 3.05) is 5.32 Å². The van der Waals surface area contributed by atoms with Gasteiger partial charge in [-0.15, -0.1) is 22.9 Å². The largest absolute Gasteiger partial charge is 0.302 e. The van der Waals surface area contributed by atoms with E-state index in [-0.39, 0.29) is 11.8 Å². The Labute approximate surface area is 91.5 Å². The van der Waals surface area contributed by atoms with Crippen molar-refractivity contribution in [3.8, 4) is 0 Å². The molecule has 1 heterocycles. The first-order valence-electron chi connectivity index (χ1n) is 4.52. The highest BCUT2D eigenvalue weighted by Crippen LogP contribution is 2.38. The summed E-state index contributed by atoms with van der Waals surface area (Å²) in [6, 6.07) is 0. The van der Waals surface area contributed by atoms with Crippen molar-refractivity contribution in [2.24, 2.45) is 11.8 Å². The van der Waals surface area contributed by atoms with Crippen LogP contribution in [0, 0.1) is 11.8 Å². The number of alkyl halides is 1. The molecule has 0 saturated heterocycles. The van der Waals surface area contributed by atoms with E-state index in [2.05, 4.69) is 17.2 Å². The van der Waals surface area contributed by atoms with Crippen LogP contribution in [-0.2, 0) is 10.7 Å². The molecule has 1 aromatic rings. The van der Waals surface area contributed by atoms with Crippen LogP contribution >= 0.6 is 22.9 Å². The highest BCUT2D eigenvalue weighted by molar-refractivity contribution is 7.13. The van der Waals surface area contributed by atoms with Crippen molar-refractivity contribution in [2.45, 2.75) is 19.2 Å². The molecule has 0 spiro atoms. The van der Waals surface area contributed by atoms with Crippen molar-refractivity contribution >= 4 is 34.0 Å². The molecular weight excluding hydrogens is 220 g/mol. The van der Waals surface area contributed by atoms with Crippen LogP contribution in [0.25, 0.3) is 0 Å². The number of hydrogen-bond donors (Lipinski definition) is 1. The van der Waals surface area contributed by atoms with Crippen LogP contribution in [0.4, 0.5) is 5.13 Å². The zero-order valence-electron chi connectivity index (χ0n) is 7.79. The summed E-state index contributed by atoms with van der Waals surface area (Å²) in [5, 5.41) is 5.32. The van der Waals surface area contributed by atoms with Crippen LogP contribution < -0.4 is 5.32 Å². The molecule has 2 atom stereocenters. The molecule has 14 heavy (non-hydrogen) atoms. The smallest absolute Gasteiger partial charge is 0.229 e. The molecule has 0 bridgehead atoms. The summed E-state index contributed by atoms with van der Waals surface area (Å²) in [5.41, 5.74) is 0.816. The number of thiazole rings is 1. The molecule has 5 heteroatoms. The first-order valence-corrected chi connectivity index (χ1v) is 5.93. The molecule has 1 aliphatic rings. The molecule has 3 nitrogen and oxygen atoms in total. The zero-order valence-corrected chi connectivity index (χ0v) is 9.36. The fraction of sp³-hybridized carbons (Fsp3) is 0.556. The van der Waals surface area contributed by atoms with Gasteiger partial charge in [0, 0.05) is 11.3 Å². The molecule has 76 valence electrons. The molecule has 1 aliphatic carbocycles. The Kier molecular flexibility index (Phi) is 2.74. The summed E-state index contributed by atoms with van der Waals surface area (Å²) in [7, 11) is 0. The second-order valence-electron chi connectivity index (χ2n) is 3.59. The van der Waals surface area contributed by atoms with Crippen molar-refractivity contribution < 1.29 is 4.79 Å². The number of carbonyl (C=O) groups excluding carboxylic acids is 1. The van der Waals surface area contributed by atoms with E-state index in [1.807, 2.05) is 5.38 Å². The van der Waals surface area contributed by atoms with Crippen LogP contribution in [0.2, 0.25) is 0 Å². The van der Waals surface area contributed by atoms with E-state index >= 15 is 0 Å². The quantitative estimate of drug-likeness (QED) is 0.811. The Morgan fingerprint density at radius 3 is 3.07 bits per heavy atom. The highest BCUT2D eigenvalue weighted by atomic mass is 35.5. The summed E-state index contributed by atoms with van der Waals surface area (Å²) < 4.78 is 0. The van der Waals surface area contributed by atoms with Gasteiger partial charge in [-0.3, -0.25) is 4.79 Å². The monoisotopic (exact) mass is 230 g/mol. The molecule has 0 radical (unpaired) electrons. The van der Waals surface area contributed by atoms with Gasteiger partial charge in [0.05, 0.1) is 11.6 Å². The molecule has 2 rings (SSSR count). The highest BCUT2D eigenvalue weighted by Gasteiger charge is 2.39. The molecule has 1 aromatic heterocycles. The average Bonchev–Trinajstić information content (AvgIpc) is 2.74. The van der Waals surface area contributed by atoms with E-state index in [1.165, 1.54) is 11.3 Å². The zero-order chi connectivity index (χ0) is 10.1. The van der Waals surface area contributed by atoms with Crippen LogP contribution in [0.5, 0.6) is 0 Å². The summed E-state index contributed by atoms with van der Waals surface area (Å²) in [6.45, 7) is 2.08. The van der Waals surface area contributed by atoms with Crippen LogP contribution in [-0.4, -0.2) is 10.9 Å². The predicted octanol–water partition coefficient (Wildman–Crippen LogP) is 2.48. The Morgan fingerprint density at radius 1 is 1.86 bits per heavy atom. The van der Waals surface area contributed by atoms with Crippen LogP contribution in [0.1, 0.15) is 19.0 Å². The van der Waals surface area contributed by atoms with Gasteiger partial charge in [0.15, 0.2) is 5.13 Å². The Bertz CT molecular complexity index is 352. The second kappa shape index (κ2) is 3.87. The van der Waals surface area contributed by atoms with Gasteiger partial charge in [0.1, 0.15) is 0 Å². The lowest BCUT2D eigenvalue weighted by atomic mass is 10.3. The summed E-state index contributed by atoms with van der Waals surface area (Å²) >= 11 is 7.03. The number of hydrogen-bond acceptors (Lipinski definition) is 3. The fourth-order valence-electron chi connectivity index (χ4n) is 1.31. The van der Waals surface area contributed by atoms with Gasteiger partial charge in [-0.2, -0.15) is 0 Å². The molecular formula is C9H11ClN2OS. The third-order valence-electron chi connectivity index (χ3n) is 2.37. The molecule has 1 fully saturated rings. The molecule has 0 aliphatic heterocycles. The maximum Gasteiger partial charge on any atom is 0.229 e. The van der Waals surface area contributed by atoms with Crippen LogP contribution in [0.15, 0.2) is 5.38 Å². The van der Waals surface area contributed by atoms with E-state index in [9.17, 15) is 4.79 Å². The minimum Gasteiger partial charge on any atom is -0.302 e. The number of rotatable bonds is 3. The lowest BCUT2D eigenvalue weighted by molar-refractivity contribution is -0.117. The minimum absolute atomic E-state index is 0.0907. The van der Waals surface area contributed by atoms with Crippen molar-refractivity contribution in [3.05, 3.63) is 11.1 Å².